The van der Waals surface area contributed by atoms with Crippen LogP contribution < -0.4 is 60.6 Å². The summed E-state index contributed by atoms with van der Waals surface area (Å²) in [5.41, 5.74) is 20.5. The summed E-state index contributed by atoms with van der Waals surface area (Å²) < 4.78 is 159. The molecule has 0 atom stereocenters. The lowest BCUT2D eigenvalue weighted by atomic mass is 10.0. The summed E-state index contributed by atoms with van der Waals surface area (Å²) >= 11 is 0. The molecule has 8 aromatic rings. The molecule has 0 spiro atoms. The fraction of sp³-hybridized carbons (Fsp3) is 0.290. The van der Waals surface area contributed by atoms with Crippen LogP contribution in [0.4, 0.5) is 93.4 Å². The molecule has 1 aliphatic heterocycles. The van der Waals surface area contributed by atoms with Crippen LogP contribution in [-0.2, 0) is 24.7 Å². The summed E-state index contributed by atoms with van der Waals surface area (Å²) in [6.07, 6.45) is -11.1. The van der Waals surface area contributed by atoms with Gasteiger partial charge in [0, 0.05) is 89.6 Å². The van der Waals surface area contributed by atoms with E-state index in [9.17, 15) is 71.9 Å². The number of likely N-dealkylation sites (N-methyl/N-ethyl adjacent to an activating group) is 1. The molecule has 0 aliphatic carbocycles. The number of carbonyl (C=O) groups excluding carboxylic acids is 4. The Hall–Kier alpha value is -10.5. The molecule has 0 amide bonds. The monoisotopic (exact) mass is 1390 g/mol. The first-order valence-electron chi connectivity index (χ1n) is 29.2. The summed E-state index contributed by atoms with van der Waals surface area (Å²) in [4.78, 5) is 80.7. The highest BCUT2D eigenvalue weighted by Crippen LogP contribution is 2.37. The molecule has 536 valence electrons. The van der Waals surface area contributed by atoms with E-state index < -0.39 is 92.9 Å². The Kier molecular flexibility index (Phi) is 26.7. The minimum atomic E-state index is -4.72. The first-order valence-corrected chi connectivity index (χ1v) is 29.2. The van der Waals surface area contributed by atoms with Gasteiger partial charge in [-0.1, -0.05) is 0 Å². The number of rotatable bonds is 23. The molecule has 1 aliphatic rings. The predicted molar refractivity (Wildman–Crippen MR) is 358 cm³/mol. The molecule has 0 bridgehead atoms. The molecular formula is C62H85F12N19O4. The van der Waals surface area contributed by atoms with E-state index >= 15 is 0 Å². The molecule has 35 heteroatoms. The van der Waals surface area contributed by atoms with Gasteiger partial charge < -0.3 is 60.6 Å². The average Bonchev–Trinajstić information content (AvgIpc) is 0.811. The second-order valence-electron chi connectivity index (χ2n) is 20.6. The van der Waals surface area contributed by atoms with Gasteiger partial charge in [-0.05, 0) is 143 Å². The van der Waals surface area contributed by atoms with Crippen LogP contribution in [0.15, 0.2) is 122 Å². The molecular weight excluding hydrogens is 1300 g/mol. The van der Waals surface area contributed by atoms with E-state index in [1.54, 1.807) is 14.0 Å². The standard InChI is InChI=1S/C17H19F3N4O.C15H14F3N5O.2C15H16F3N5O.10H2/c1-11-12(5-4-10-22-11)16(25)15-13(17(18,19)20)6-7-14(24-15)23-9-3-2-8-21;16-15(17,18)10-3-4-11(22-8-6-20-7-8)23-12(10)13(24)9-2-1-5-21-14(9)19;1-20-7-8-21-11-5-4-10(15(16,17)18)12(23-11)13(24)9-3-2-6-22-14(9)19;16-15(17,18)10-4-5-11(21-8-2-6-19)23-12(10)13(24)9-3-1-7-22-14(9)20;;;;;;;;;;/h4-7,10H,2-3,8-9,21H2,1H3,(H,23,24);1-5,8,20H,6-7H2,(H2,19,21)(H,22,23);2-6,20H,7-8H2,1H3,(H2,19,22)(H,21,23);1,3-5,7H,2,6,8,19H2,(H2,20,22)(H,21,23);10*1H. The number of aromatic nitrogens is 8. The molecule has 97 heavy (non-hydrogen) atoms. The lowest BCUT2D eigenvalue weighted by Gasteiger charge is -2.28. The quantitative estimate of drug-likeness (QED) is 0.0161. The Bertz CT molecular complexity index is 3930. The second-order valence-corrected chi connectivity index (χ2v) is 20.6. The van der Waals surface area contributed by atoms with Crippen LogP contribution >= 0.6 is 0 Å². The molecule has 0 unspecified atom stereocenters. The van der Waals surface area contributed by atoms with Crippen LogP contribution in [0.2, 0.25) is 0 Å². The van der Waals surface area contributed by atoms with Gasteiger partial charge in [0.1, 0.15) is 63.5 Å². The fourth-order valence-corrected chi connectivity index (χ4v) is 8.60. The van der Waals surface area contributed by atoms with Crippen molar-refractivity contribution in [2.24, 2.45) is 11.5 Å². The summed E-state index contributed by atoms with van der Waals surface area (Å²) in [6, 6.07) is 19.4. The molecule has 1 fully saturated rings. The number of anilines is 7. The summed E-state index contributed by atoms with van der Waals surface area (Å²) in [6.45, 7) is 5.85. The van der Waals surface area contributed by atoms with Crippen LogP contribution in [0.3, 0.4) is 0 Å². The number of carbonyl (C=O) groups is 4. The Balaban J connectivity index is -0.000000419. The maximum Gasteiger partial charge on any atom is 0.418 e. The van der Waals surface area contributed by atoms with Crippen molar-refractivity contribution in [1.29, 1.82) is 0 Å². The van der Waals surface area contributed by atoms with Crippen LogP contribution in [0.25, 0.3) is 0 Å². The Morgan fingerprint density at radius 2 is 0.763 bits per heavy atom. The van der Waals surface area contributed by atoms with Crippen molar-refractivity contribution in [2.75, 3.05) is 97.9 Å². The van der Waals surface area contributed by atoms with Crippen molar-refractivity contribution >= 4 is 63.9 Å². The largest absolute Gasteiger partial charge is 0.418 e. The lowest BCUT2D eigenvalue weighted by molar-refractivity contribution is -0.138. The van der Waals surface area contributed by atoms with Crippen LogP contribution in [0, 0.1) is 6.92 Å². The number of alkyl halides is 12. The Morgan fingerprint density at radius 1 is 0.443 bits per heavy atom. The fourth-order valence-electron chi connectivity index (χ4n) is 8.60. The number of nitrogens with zero attached hydrogens (tertiary/aromatic N) is 8. The minimum Gasteiger partial charge on any atom is -0.383 e. The van der Waals surface area contributed by atoms with Crippen LogP contribution in [0.1, 0.15) is 126 Å². The Labute approximate surface area is 560 Å². The molecule has 9 rings (SSSR count). The minimum absolute atomic E-state index is 0. The van der Waals surface area contributed by atoms with E-state index in [0.29, 0.717) is 64.5 Å². The number of ketones is 4. The smallest absolute Gasteiger partial charge is 0.383 e. The molecule has 1 saturated heterocycles. The van der Waals surface area contributed by atoms with Gasteiger partial charge in [0.2, 0.25) is 23.1 Å². The Morgan fingerprint density at radius 3 is 1.08 bits per heavy atom. The van der Waals surface area contributed by atoms with Crippen molar-refractivity contribution in [3.05, 3.63) is 195 Å². The number of halogens is 12. The first kappa shape index (κ1) is 75.5. The van der Waals surface area contributed by atoms with E-state index in [0.717, 1.165) is 37.1 Å². The van der Waals surface area contributed by atoms with Crippen molar-refractivity contribution < 1.29 is 86.1 Å². The van der Waals surface area contributed by atoms with Gasteiger partial charge in [0.05, 0.1) is 45.0 Å². The maximum atomic E-state index is 13.3. The maximum absolute atomic E-state index is 13.3. The molecule has 0 aromatic carbocycles. The average molecular weight is 1390 g/mol. The number of hydrogen-bond donors (Lipinski definition) is 11. The van der Waals surface area contributed by atoms with Crippen LogP contribution in [0.5, 0.6) is 0 Å². The van der Waals surface area contributed by atoms with Gasteiger partial charge in [-0.25, -0.2) is 34.9 Å². The van der Waals surface area contributed by atoms with E-state index in [-0.39, 0.29) is 83.3 Å². The summed E-state index contributed by atoms with van der Waals surface area (Å²) in [5.74, 6) is -3.27. The highest BCUT2D eigenvalue weighted by Gasteiger charge is 2.41. The SMILES string of the molecule is CNCCNc1ccc(C(F)(F)F)c(C(=O)c2cccnc2N)n1.Cc1ncccc1C(=O)c1nc(NCCCCN)ccc1C(F)(F)F.NCCCNc1ccc(C(F)(F)F)c(C(=O)c2cccnc2N)n1.Nc1ncccc1C(=O)c1nc(NC2CNC2)ccc1C(F)(F)F.[HH].[HH].[HH].[HH].[HH].[HH].[HH].[HH].[HH].[HH]. The second kappa shape index (κ2) is 34.2. The highest BCUT2D eigenvalue weighted by atomic mass is 19.4. The molecule has 0 saturated carbocycles. The zero-order valence-corrected chi connectivity index (χ0v) is 51.5. The predicted octanol–water partition coefficient (Wildman–Crippen LogP) is 11.3. The van der Waals surface area contributed by atoms with Crippen molar-refractivity contribution in [1.82, 2.24) is 50.5 Å². The molecule has 8 aromatic heterocycles. The number of pyridine rings is 8. The first-order chi connectivity index (χ1) is 45.9. The van der Waals surface area contributed by atoms with Gasteiger partial charge in [0.15, 0.2) is 0 Å². The summed E-state index contributed by atoms with van der Waals surface area (Å²) in [5, 5.41) is 17.5. The number of nitrogens with two attached hydrogens (primary N) is 5. The van der Waals surface area contributed by atoms with Gasteiger partial charge in [-0.2, -0.15) is 52.7 Å². The zero-order chi connectivity index (χ0) is 71.3. The third kappa shape index (κ3) is 21.2. The third-order valence-electron chi connectivity index (χ3n) is 13.6. The van der Waals surface area contributed by atoms with Crippen molar-refractivity contribution in [3.8, 4) is 0 Å². The molecule has 23 nitrogen and oxygen atoms in total. The number of nitrogens with one attached hydrogen (secondary N) is 6. The number of unbranched alkanes of at least 4 members (excludes halogenated alkanes) is 1. The van der Waals surface area contributed by atoms with Crippen molar-refractivity contribution in [2.45, 2.75) is 56.9 Å². The third-order valence-corrected chi connectivity index (χ3v) is 13.6. The van der Waals surface area contributed by atoms with Gasteiger partial charge in [-0.3, -0.25) is 24.2 Å². The highest BCUT2D eigenvalue weighted by molar-refractivity contribution is 6.13. The normalized spacial score (nSPS) is 12.2. The number of aryl methyl sites for hydroxylation is 1. The number of nitrogen functional groups attached to an aromatic ring is 3. The van der Waals surface area contributed by atoms with Gasteiger partial charge >= 0.3 is 24.7 Å². The number of hydrogen-bond acceptors (Lipinski definition) is 23. The van der Waals surface area contributed by atoms with Crippen molar-refractivity contribution in [3.63, 3.8) is 0 Å². The van der Waals surface area contributed by atoms with E-state index in [1.807, 2.05) is 0 Å². The van der Waals surface area contributed by atoms with Gasteiger partial charge in [0.25, 0.3) is 0 Å². The topological polar surface area (TPSA) is 374 Å². The molecule has 9 heterocycles. The summed E-state index contributed by atoms with van der Waals surface area (Å²) in [7, 11) is 1.74. The van der Waals surface area contributed by atoms with Gasteiger partial charge in [-0.15, -0.1) is 0 Å². The van der Waals surface area contributed by atoms with Crippen LogP contribution in [-0.4, -0.2) is 128 Å². The van der Waals surface area contributed by atoms with E-state index in [4.69, 9.17) is 28.7 Å². The van der Waals surface area contributed by atoms with E-state index in [1.165, 1.54) is 97.6 Å². The zero-order valence-electron chi connectivity index (χ0n) is 51.5. The molecule has 16 N–H and O–H groups in total. The lowest BCUT2D eigenvalue weighted by Crippen LogP contribution is -2.51. The molecule has 0 radical (unpaired) electrons. The van der Waals surface area contributed by atoms with E-state index in [2.05, 4.69) is 71.8 Å².